The van der Waals surface area contributed by atoms with Crippen LogP contribution in [-0.4, -0.2) is 30.6 Å². The number of anilines is 2. The zero-order chi connectivity index (χ0) is 24.5. The van der Waals surface area contributed by atoms with Gasteiger partial charge in [-0.15, -0.1) is 0 Å². The molecule has 6 rings (SSSR count). The lowest BCUT2D eigenvalue weighted by molar-refractivity contribution is -0.115. The van der Waals surface area contributed by atoms with Crippen molar-refractivity contribution in [3.05, 3.63) is 111 Å². The van der Waals surface area contributed by atoms with Gasteiger partial charge in [-0.25, -0.2) is 9.97 Å². The Kier molecular flexibility index (Phi) is 5.49. The Labute approximate surface area is 206 Å². The van der Waals surface area contributed by atoms with E-state index < -0.39 is 0 Å². The molecule has 0 saturated heterocycles. The van der Waals surface area contributed by atoms with Gasteiger partial charge in [-0.3, -0.25) is 14.3 Å². The molecule has 0 aliphatic carbocycles. The summed E-state index contributed by atoms with van der Waals surface area (Å²) in [6.45, 7) is 1.17. The number of nitrogens with zero attached hydrogens (tertiary/aromatic N) is 4. The van der Waals surface area contributed by atoms with Crippen LogP contribution in [0.3, 0.4) is 0 Å². The summed E-state index contributed by atoms with van der Waals surface area (Å²) in [4.78, 5) is 35.0. The molecule has 0 radical (unpaired) electrons. The first kappa shape index (κ1) is 21.7. The lowest BCUT2D eigenvalue weighted by Crippen LogP contribution is -2.11. The maximum atomic E-state index is 11.9. The molecule has 5 aromatic rings. The van der Waals surface area contributed by atoms with Crippen LogP contribution in [0.25, 0.3) is 11.0 Å². The number of benzene rings is 2. The molecule has 0 spiro atoms. The first-order valence-corrected chi connectivity index (χ1v) is 11.7. The van der Waals surface area contributed by atoms with Gasteiger partial charge >= 0.3 is 0 Å². The second-order valence-corrected chi connectivity index (χ2v) is 8.87. The summed E-state index contributed by atoms with van der Waals surface area (Å²) in [5, 5.41) is 11.7. The Bertz CT molecular complexity index is 1640. The molecule has 0 unspecified atom stereocenters. The molecule has 36 heavy (non-hydrogen) atoms. The van der Waals surface area contributed by atoms with Crippen LogP contribution in [0.4, 0.5) is 11.5 Å². The highest BCUT2D eigenvalue weighted by atomic mass is 16.1. The van der Waals surface area contributed by atoms with Gasteiger partial charge in [0.25, 0.3) is 5.56 Å². The van der Waals surface area contributed by atoms with E-state index in [4.69, 9.17) is 0 Å². The Morgan fingerprint density at radius 3 is 2.67 bits per heavy atom. The Hall–Kier alpha value is -4.79. The van der Waals surface area contributed by atoms with Crippen LogP contribution < -0.4 is 16.2 Å². The van der Waals surface area contributed by atoms with E-state index in [1.807, 2.05) is 53.3 Å². The molecule has 0 fully saturated rings. The maximum Gasteiger partial charge on any atom is 0.251 e. The Balaban J connectivity index is 1.15. The molecule has 4 heterocycles. The number of fused-ring (bicyclic) bond motifs is 2. The van der Waals surface area contributed by atoms with Gasteiger partial charge in [0.1, 0.15) is 12.1 Å². The van der Waals surface area contributed by atoms with Crippen LogP contribution in [0.15, 0.2) is 78.1 Å². The quantitative estimate of drug-likeness (QED) is 0.331. The van der Waals surface area contributed by atoms with E-state index in [9.17, 15) is 9.59 Å². The van der Waals surface area contributed by atoms with Gasteiger partial charge in [0, 0.05) is 36.6 Å². The summed E-state index contributed by atoms with van der Waals surface area (Å²) < 4.78 is 1.86. The van der Waals surface area contributed by atoms with Crippen LogP contribution >= 0.6 is 0 Å². The molecule has 1 aliphatic rings. The number of hydrogen-bond acceptors (Lipinski definition) is 6. The van der Waals surface area contributed by atoms with E-state index in [0.29, 0.717) is 37.4 Å². The van der Waals surface area contributed by atoms with Crippen LogP contribution in [0.5, 0.6) is 0 Å². The predicted molar refractivity (Wildman–Crippen MR) is 137 cm³/mol. The summed E-state index contributed by atoms with van der Waals surface area (Å²) in [7, 11) is 0. The topological polar surface area (TPSA) is 118 Å². The van der Waals surface area contributed by atoms with Crippen molar-refractivity contribution < 1.29 is 4.79 Å². The fraction of sp³-hybridized carbons (Fsp3) is 0.148. The van der Waals surface area contributed by atoms with Gasteiger partial charge in [0.15, 0.2) is 5.65 Å². The van der Waals surface area contributed by atoms with Crippen LogP contribution in [0, 0.1) is 0 Å². The molecule has 3 N–H and O–H groups in total. The number of amides is 1. The third-order valence-electron chi connectivity index (χ3n) is 6.28. The number of H-pyrrole nitrogens is 1. The van der Waals surface area contributed by atoms with Crippen molar-refractivity contribution in [2.45, 2.75) is 25.9 Å². The van der Waals surface area contributed by atoms with Gasteiger partial charge in [-0.1, -0.05) is 42.5 Å². The molecule has 9 nitrogen and oxygen atoms in total. The average molecular weight is 478 g/mol. The molecule has 1 aliphatic heterocycles. The monoisotopic (exact) mass is 477 g/mol. The standard InChI is InChI=1S/C27H23N7O2/c35-24-12-21-11-19(7-8-23(21)32-24)13-29-25-22-15-34(33-26(22)31-16-30-25)14-18-5-3-17(4-6-18)10-20-2-1-9-28-27(20)36/h1-9,11,15-16H,10,12-14H2,(H,28,36)(H,32,35)(H,29,30,31,33). The second kappa shape index (κ2) is 9.10. The average Bonchev–Trinajstić information content (AvgIpc) is 3.47. The van der Waals surface area contributed by atoms with E-state index in [1.165, 1.54) is 6.33 Å². The maximum absolute atomic E-state index is 11.9. The largest absolute Gasteiger partial charge is 0.365 e. The molecule has 1 amide bonds. The SMILES string of the molecule is O=C1Cc2cc(CNc3ncnc4nn(Cc5ccc(Cc6ccc[nH]c6=O)cc5)cc34)ccc2N1. The highest BCUT2D eigenvalue weighted by Gasteiger charge is 2.17. The van der Waals surface area contributed by atoms with Crippen molar-refractivity contribution in [1.82, 2.24) is 24.7 Å². The van der Waals surface area contributed by atoms with Crippen molar-refractivity contribution in [2.24, 2.45) is 0 Å². The molecular formula is C27H23N7O2. The number of hydrogen-bond donors (Lipinski definition) is 3. The van der Waals surface area contributed by atoms with E-state index in [-0.39, 0.29) is 11.5 Å². The van der Waals surface area contributed by atoms with Gasteiger partial charge < -0.3 is 15.6 Å². The lowest BCUT2D eigenvalue weighted by Gasteiger charge is -2.07. The number of pyridine rings is 1. The van der Waals surface area contributed by atoms with Crippen LogP contribution in [-0.2, 0) is 30.7 Å². The van der Waals surface area contributed by atoms with Crippen molar-refractivity contribution in [3.8, 4) is 0 Å². The summed E-state index contributed by atoms with van der Waals surface area (Å²) in [6, 6.07) is 17.8. The molecular weight excluding hydrogens is 454 g/mol. The van der Waals surface area contributed by atoms with E-state index >= 15 is 0 Å². The Morgan fingerprint density at radius 1 is 0.972 bits per heavy atom. The van der Waals surface area contributed by atoms with Crippen molar-refractivity contribution in [3.63, 3.8) is 0 Å². The van der Waals surface area contributed by atoms with E-state index in [0.717, 1.165) is 38.9 Å². The highest BCUT2D eigenvalue weighted by molar-refractivity contribution is 5.99. The smallest absolute Gasteiger partial charge is 0.251 e. The van der Waals surface area contributed by atoms with Gasteiger partial charge in [-0.2, -0.15) is 5.10 Å². The summed E-state index contributed by atoms with van der Waals surface area (Å²) >= 11 is 0. The minimum Gasteiger partial charge on any atom is -0.365 e. The molecule has 3 aromatic heterocycles. The highest BCUT2D eigenvalue weighted by Crippen LogP contribution is 2.25. The zero-order valence-corrected chi connectivity index (χ0v) is 19.4. The minimum atomic E-state index is -0.0568. The second-order valence-electron chi connectivity index (χ2n) is 8.87. The third-order valence-corrected chi connectivity index (χ3v) is 6.28. The third kappa shape index (κ3) is 4.46. The van der Waals surface area contributed by atoms with Crippen LogP contribution in [0.2, 0.25) is 0 Å². The Morgan fingerprint density at radius 2 is 1.81 bits per heavy atom. The first-order valence-electron chi connectivity index (χ1n) is 11.7. The van der Waals surface area contributed by atoms with Gasteiger partial charge in [-0.05, 0) is 34.4 Å². The fourth-order valence-corrected chi connectivity index (χ4v) is 4.45. The minimum absolute atomic E-state index is 0.0288. The molecule has 0 saturated carbocycles. The number of carbonyl (C=O) groups excluding carboxylic acids is 1. The molecule has 178 valence electrons. The lowest BCUT2D eigenvalue weighted by atomic mass is 10.0. The fourth-order valence-electron chi connectivity index (χ4n) is 4.45. The van der Waals surface area contributed by atoms with Crippen molar-refractivity contribution in [1.29, 1.82) is 0 Å². The van der Waals surface area contributed by atoms with E-state index in [1.54, 1.807) is 6.20 Å². The number of aromatic nitrogens is 5. The van der Waals surface area contributed by atoms with Gasteiger partial charge in [0.2, 0.25) is 5.91 Å². The summed E-state index contributed by atoms with van der Waals surface area (Å²) in [5.74, 6) is 0.741. The summed E-state index contributed by atoms with van der Waals surface area (Å²) in [5.41, 5.74) is 6.45. The molecule has 9 heteroatoms. The van der Waals surface area contributed by atoms with Gasteiger partial charge in [0.05, 0.1) is 18.4 Å². The predicted octanol–water partition coefficient (Wildman–Crippen LogP) is 3.26. The molecule has 0 atom stereocenters. The van der Waals surface area contributed by atoms with E-state index in [2.05, 4.69) is 42.8 Å². The first-order chi connectivity index (χ1) is 17.6. The molecule has 0 bridgehead atoms. The number of aromatic amines is 1. The van der Waals surface area contributed by atoms with Crippen molar-refractivity contribution in [2.75, 3.05) is 10.6 Å². The number of carbonyl (C=O) groups is 1. The van der Waals surface area contributed by atoms with Crippen LogP contribution in [0.1, 0.15) is 27.8 Å². The molecule has 2 aromatic carbocycles. The zero-order valence-electron chi connectivity index (χ0n) is 19.4. The summed E-state index contributed by atoms with van der Waals surface area (Å²) in [6.07, 6.45) is 6.10. The number of nitrogens with one attached hydrogen (secondary N) is 3. The normalized spacial score (nSPS) is 12.5. The number of rotatable bonds is 7. The van der Waals surface area contributed by atoms with Crippen molar-refractivity contribution >= 4 is 28.4 Å².